The lowest BCUT2D eigenvalue weighted by molar-refractivity contribution is 0.690. The zero-order valence-corrected chi connectivity index (χ0v) is 15.8. The average molecular weight is 391 g/mol. The molecule has 2 aromatic carbocycles. The predicted octanol–water partition coefficient (Wildman–Crippen LogP) is 5.36. The summed E-state index contributed by atoms with van der Waals surface area (Å²) in [6, 6.07) is 15.4. The van der Waals surface area contributed by atoms with Gasteiger partial charge in [0.1, 0.15) is 0 Å². The summed E-state index contributed by atoms with van der Waals surface area (Å²) in [4.78, 5) is 0. The maximum absolute atomic E-state index is 5.98. The van der Waals surface area contributed by atoms with Crippen LogP contribution in [0.5, 0.6) is 0 Å². The highest BCUT2D eigenvalue weighted by molar-refractivity contribution is 7.80. The molecular formula is C18H16Cl2N4S. The molecule has 0 atom stereocenters. The Labute approximate surface area is 161 Å². The van der Waals surface area contributed by atoms with Crippen molar-refractivity contribution >= 4 is 52.0 Å². The number of benzene rings is 2. The standard InChI is InChI=1S/C18H16Cl2N4S/c1-12-2-4-13(5-3-12)11-24-7-6-17(23-24)22-18(25)21-16-9-14(19)8-15(20)10-16/h2-10H,11H2,1H3,(H2,21,22,23,25). The van der Waals surface area contributed by atoms with Gasteiger partial charge >= 0.3 is 0 Å². The highest BCUT2D eigenvalue weighted by Gasteiger charge is 2.05. The Kier molecular flexibility index (Phi) is 5.58. The van der Waals surface area contributed by atoms with Gasteiger partial charge in [0.2, 0.25) is 0 Å². The van der Waals surface area contributed by atoms with Gasteiger partial charge in [-0.1, -0.05) is 53.0 Å². The van der Waals surface area contributed by atoms with E-state index in [1.807, 2.05) is 16.9 Å². The molecule has 0 radical (unpaired) electrons. The molecule has 0 spiro atoms. The van der Waals surface area contributed by atoms with Crippen LogP contribution in [-0.2, 0) is 6.54 Å². The molecule has 128 valence electrons. The Morgan fingerprint density at radius 3 is 2.40 bits per heavy atom. The number of halogens is 2. The van der Waals surface area contributed by atoms with E-state index in [0.717, 1.165) is 0 Å². The van der Waals surface area contributed by atoms with Crippen LogP contribution in [0.25, 0.3) is 0 Å². The Morgan fingerprint density at radius 2 is 1.72 bits per heavy atom. The van der Waals surface area contributed by atoms with E-state index in [1.54, 1.807) is 18.2 Å². The molecule has 3 aromatic rings. The predicted molar refractivity (Wildman–Crippen MR) is 109 cm³/mol. The maximum atomic E-state index is 5.98. The SMILES string of the molecule is Cc1ccc(Cn2ccc(NC(=S)Nc3cc(Cl)cc(Cl)c3)n2)cc1. The van der Waals surface area contributed by atoms with E-state index in [0.29, 0.717) is 33.2 Å². The van der Waals surface area contributed by atoms with E-state index in [4.69, 9.17) is 35.4 Å². The van der Waals surface area contributed by atoms with Crippen LogP contribution in [0.3, 0.4) is 0 Å². The summed E-state index contributed by atoms with van der Waals surface area (Å²) in [5.41, 5.74) is 3.15. The molecule has 2 N–H and O–H groups in total. The second kappa shape index (κ2) is 7.87. The number of rotatable bonds is 4. The number of aryl methyl sites for hydroxylation is 1. The van der Waals surface area contributed by atoms with Crippen LogP contribution in [-0.4, -0.2) is 14.9 Å². The van der Waals surface area contributed by atoms with Crippen LogP contribution in [0.15, 0.2) is 54.7 Å². The Morgan fingerprint density at radius 1 is 1.04 bits per heavy atom. The molecule has 4 nitrogen and oxygen atoms in total. The van der Waals surface area contributed by atoms with Gasteiger partial charge in [0, 0.05) is 28.0 Å². The van der Waals surface area contributed by atoms with Crippen molar-refractivity contribution in [3.8, 4) is 0 Å². The van der Waals surface area contributed by atoms with Crippen LogP contribution in [0, 0.1) is 6.92 Å². The summed E-state index contributed by atoms with van der Waals surface area (Å²) in [6.07, 6.45) is 1.90. The van der Waals surface area contributed by atoms with Gasteiger partial charge < -0.3 is 10.6 Å². The van der Waals surface area contributed by atoms with E-state index in [2.05, 4.69) is 46.9 Å². The quantitative estimate of drug-likeness (QED) is 0.588. The molecule has 0 aliphatic carbocycles. The van der Waals surface area contributed by atoms with Crippen molar-refractivity contribution in [1.29, 1.82) is 0 Å². The molecule has 0 unspecified atom stereocenters. The third kappa shape index (κ3) is 5.19. The van der Waals surface area contributed by atoms with E-state index in [1.165, 1.54) is 11.1 Å². The Bertz CT molecular complexity index is 870. The molecular weight excluding hydrogens is 375 g/mol. The molecule has 1 heterocycles. The second-order valence-corrected chi connectivity index (χ2v) is 6.90. The number of hydrogen-bond acceptors (Lipinski definition) is 2. The second-order valence-electron chi connectivity index (χ2n) is 5.62. The van der Waals surface area contributed by atoms with E-state index in [-0.39, 0.29) is 0 Å². The van der Waals surface area contributed by atoms with Crippen molar-refractivity contribution < 1.29 is 0 Å². The lowest BCUT2D eigenvalue weighted by Gasteiger charge is -2.09. The number of nitrogens with one attached hydrogen (secondary N) is 2. The lowest BCUT2D eigenvalue weighted by Crippen LogP contribution is -2.19. The topological polar surface area (TPSA) is 41.9 Å². The van der Waals surface area contributed by atoms with Gasteiger partial charge in [-0.2, -0.15) is 5.10 Å². The normalized spacial score (nSPS) is 10.5. The van der Waals surface area contributed by atoms with E-state index < -0.39 is 0 Å². The van der Waals surface area contributed by atoms with Gasteiger partial charge in [-0.05, 0) is 42.9 Å². The zero-order valence-electron chi connectivity index (χ0n) is 13.5. The lowest BCUT2D eigenvalue weighted by atomic mass is 10.1. The largest absolute Gasteiger partial charge is 0.332 e. The molecule has 7 heteroatoms. The number of hydrogen-bond donors (Lipinski definition) is 2. The van der Waals surface area contributed by atoms with Crippen LogP contribution in [0.4, 0.5) is 11.5 Å². The van der Waals surface area contributed by atoms with Gasteiger partial charge in [-0.25, -0.2) is 0 Å². The third-order valence-electron chi connectivity index (χ3n) is 3.47. The zero-order chi connectivity index (χ0) is 17.8. The van der Waals surface area contributed by atoms with Crippen molar-refractivity contribution in [2.24, 2.45) is 0 Å². The highest BCUT2D eigenvalue weighted by atomic mass is 35.5. The van der Waals surface area contributed by atoms with Crippen LogP contribution in [0.2, 0.25) is 10.0 Å². The molecule has 0 aliphatic rings. The Balaban J connectivity index is 1.60. The van der Waals surface area contributed by atoms with Gasteiger partial charge in [0.05, 0.1) is 6.54 Å². The molecule has 0 amide bonds. The number of nitrogens with zero attached hydrogens (tertiary/aromatic N) is 2. The van der Waals surface area contributed by atoms with E-state index >= 15 is 0 Å². The van der Waals surface area contributed by atoms with Crippen molar-refractivity contribution in [2.75, 3.05) is 10.6 Å². The van der Waals surface area contributed by atoms with Gasteiger partial charge in [-0.3, -0.25) is 4.68 Å². The molecule has 0 saturated carbocycles. The first kappa shape index (κ1) is 17.7. The van der Waals surface area contributed by atoms with Crippen LogP contribution >= 0.6 is 35.4 Å². The minimum atomic E-state index is 0.416. The fraction of sp³-hybridized carbons (Fsp3) is 0.111. The van der Waals surface area contributed by atoms with Crippen molar-refractivity contribution in [1.82, 2.24) is 9.78 Å². The van der Waals surface area contributed by atoms with Crippen LogP contribution in [0.1, 0.15) is 11.1 Å². The minimum absolute atomic E-state index is 0.416. The highest BCUT2D eigenvalue weighted by Crippen LogP contribution is 2.22. The van der Waals surface area contributed by atoms with Crippen molar-refractivity contribution in [3.05, 3.63) is 75.9 Å². The van der Waals surface area contributed by atoms with Crippen molar-refractivity contribution in [2.45, 2.75) is 13.5 Å². The molecule has 0 aliphatic heterocycles. The first-order valence-electron chi connectivity index (χ1n) is 7.61. The monoisotopic (exact) mass is 390 g/mol. The number of thiocarbonyl (C=S) groups is 1. The molecule has 3 rings (SSSR count). The minimum Gasteiger partial charge on any atom is -0.332 e. The maximum Gasteiger partial charge on any atom is 0.176 e. The molecule has 0 bridgehead atoms. The summed E-state index contributed by atoms with van der Waals surface area (Å²) in [5.74, 6) is 0.665. The summed E-state index contributed by atoms with van der Waals surface area (Å²) in [6.45, 7) is 2.77. The van der Waals surface area contributed by atoms with Gasteiger partial charge in [0.15, 0.2) is 10.9 Å². The molecule has 0 saturated heterocycles. The molecule has 1 aromatic heterocycles. The van der Waals surface area contributed by atoms with Gasteiger partial charge in [0.25, 0.3) is 0 Å². The molecule has 25 heavy (non-hydrogen) atoms. The summed E-state index contributed by atoms with van der Waals surface area (Å²) in [5, 5.41) is 12.1. The van der Waals surface area contributed by atoms with Gasteiger partial charge in [-0.15, -0.1) is 0 Å². The fourth-order valence-electron chi connectivity index (χ4n) is 2.30. The first-order valence-corrected chi connectivity index (χ1v) is 8.77. The number of anilines is 2. The van der Waals surface area contributed by atoms with Crippen LogP contribution < -0.4 is 10.6 Å². The smallest absolute Gasteiger partial charge is 0.176 e. The first-order chi connectivity index (χ1) is 12.0. The summed E-state index contributed by atoms with van der Waals surface area (Å²) >= 11 is 17.3. The average Bonchev–Trinajstić information content (AvgIpc) is 2.95. The number of aromatic nitrogens is 2. The summed E-state index contributed by atoms with van der Waals surface area (Å²) in [7, 11) is 0. The fourth-order valence-corrected chi connectivity index (χ4v) is 3.05. The molecule has 0 fully saturated rings. The third-order valence-corrected chi connectivity index (χ3v) is 4.11. The van der Waals surface area contributed by atoms with Crippen molar-refractivity contribution in [3.63, 3.8) is 0 Å². The summed E-state index contributed by atoms with van der Waals surface area (Å²) < 4.78 is 1.85. The van der Waals surface area contributed by atoms with E-state index in [9.17, 15) is 0 Å². The Hall–Kier alpha value is -2.08.